The van der Waals surface area contributed by atoms with Crippen molar-refractivity contribution in [3.8, 4) is 11.5 Å². The molecule has 3 aromatic carbocycles. The van der Waals surface area contributed by atoms with Gasteiger partial charge in [-0.15, -0.1) is 0 Å². The number of rotatable bonds is 17. The summed E-state index contributed by atoms with van der Waals surface area (Å²) in [4.78, 5) is 30.0. The molecule has 1 saturated carbocycles. The predicted molar refractivity (Wildman–Crippen MR) is 225 cm³/mol. The van der Waals surface area contributed by atoms with E-state index in [0.29, 0.717) is 16.8 Å². The van der Waals surface area contributed by atoms with Crippen molar-refractivity contribution >= 4 is 50.9 Å². The molecule has 62 heavy (non-hydrogen) atoms. The number of sulfonamides is 1. The van der Waals surface area contributed by atoms with Gasteiger partial charge in [0.2, 0.25) is 10.0 Å². The topological polar surface area (TPSA) is 162 Å². The van der Waals surface area contributed by atoms with Gasteiger partial charge in [0.1, 0.15) is 21.7 Å². The maximum Gasteiger partial charge on any atom is 0.387 e. The van der Waals surface area contributed by atoms with Gasteiger partial charge in [-0.25, -0.2) is 13.2 Å². The molecule has 4 atom stereocenters. The number of carbonyl (C=O) groups excluding carboxylic acids is 1. The molecule has 4 saturated heterocycles. The average molecular weight is 916 g/mol. The summed E-state index contributed by atoms with van der Waals surface area (Å²) in [7, 11) is -4.67. The van der Waals surface area contributed by atoms with Gasteiger partial charge in [0.15, 0.2) is 29.9 Å². The molecule has 5 aliphatic rings. The van der Waals surface area contributed by atoms with Crippen LogP contribution in [0.15, 0.2) is 90.1 Å². The number of nitrogens with one attached hydrogen (secondary N) is 1. The van der Waals surface area contributed by atoms with Crippen LogP contribution in [0.3, 0.4) is 0 Å². The summed E-state index contributed by atoms with van der Waals surface area (Å²) >= 11 is 13.1. The molecule has 9 rings (SSSR count). The van der Waals surface area contributed by atoms with Gasteiger partial charge in [-0.3, -0.25) is 9.69 Å². The van der Waals surface area contributed by atoms with Gasteiger partial charge >= 0.3 is 18.6 Å². The quantitative estimate of drug-likeness (QED) is 0.0616. The van der Waals surface area contributed by atoms with Crippen LogP contribution < -0.4 is 19.5 Å². The lowest BCUT2D eigenvalue weighted by atomic mass is 9.74. The summed E-state index contributed by atoms with van der Waals surface area (Å²) in [5.41, 5.74) is -0.945. The van der Waals surface area contributed by atoms with E-state index in [-0.39, 0.29) is 93.6 Å². The van der Waals surface area contributed by atoms with Crippen molar-refractivity contribution in [3.63, 3.8) is 0 Å². The van der Waals surface area contributed by atoms with Crippen molar-refractivity contribution in [2.45, 2.75) is 80.1 Å². The van der Waals surface area contributed by atoms with Crippen molar-refractivity contribution in [1.29, 1.82) is 0 Å². The number of alkyl halides is 2. The largest absolute Gasteiger partial charge is 0.619 e. The number of ether oxygens (including phenoxy) is 3. The number of hydrogen-bond acceptors (Lipinski definition) is 10. The molecule has 2 N–H and O–H groups in total. The first-order valence-corrected chi connectivity index (χ1v) is 22.8. The Labute approximate surface area is 368 Å². The van der Waals surface area contributed by atoms with Crippen LogP contribution in [0.4, 0.5) is 14.5 Å². The van der Waals surface area contributed by atoms with Crippen LogP contribution in [0.5, 0.6) is 11.5 Å². The van der Waals surface area contributed by atoms with Crippen LogP contribution in [0, 0.1) is 17.0 Å². The molecule has 13 nitrogen and oxygen atoms in total. The van der Waals surface area contributed by atoms with Gasteiger partial charge in [0.25, 0.3) is 0 Å². The van der Waals surface area contributed by atoms with Crippen LogP contribution in [0.25, 0.3) is 0 Å². The Morgan fingerprint density at radius 1 is 0.935 bits per heavy atom. The molecule has 18 heteroatoms. The number of carboxylic acid groups (broad SMARTS) is 1. The summed E-state index contributed by atoms with van der Waals surface area (Å²) in [6.45, 7) is -0.604. The van der Waals surface area contributed by atoms with Gasteiger partial charge < -0.3 is 29.8 Å². The highest BCUT2D eigenvalue weighted by atomic mass is 35.5. The van der Waals surface area contributed by atoms with E-state index in [1.165, 1.54) is 36.4 Å². The molecule has 1 aromatic heterocycles. The molecule has 1 unspecified atom stereocenters. The number of pyridine rings is 1. The fourth-order valence-corrected chi connectivity index (χ4v) is 11.6. The smallest absolute Gasteiger partial charge is 0.387 e. The number of aliphatic carboxylic acids is 1. The van der Waals surface area contributed by atoms with E-state index in [9.17, 15) is 28.7 Å². The first kappa shape index (κ1) is 43.9. The second kappa shape index (κ2) is 18.2. The highest BCUT2D eigenvalue weighted by molar-refractivity contribution is 7.89. The third kappa shape index (κ3) is 9.16. The van der Waals surface area contributed by atoms with Crippen LogP contribution in [0.1, 0.15) is 67.2 Å². The van der Waals surface area contributed by atoms with Crippen LogP contribution in [-0.2, 0) is 30.8 Å². The van der Waals surface area contributed by atoms with Crippen molar-refractivity contribution in [2.75, 3.05) is 38.1 Å². The zero-order chi connectivity index (χ0) is 43.8. The molecule has 330 valence electrons. The summed E-state index contributed by atoms with van der Waals surface area (Å²) in [5, 5.41) is 26.6. The van der Waals surface area contributed by atoms with E-state index in [1.54, 1.807) is 30.3 Å². The Kier molecular flexibility index (Phi) is 12.9. The Balaban J connectivity index is 1.16. The number of anilines is 1. The molecule has 5 fully saturated rings. The third-order valence-corrected chi connectivity index (χ3v) is 15.1. The minimum absolute atomic E-state index is 0.0749. The van der Waals surface area contributed by atoms with Gasteiger partial charge in [-0.2, -0.15) is 17.8 Å². The van der Waals surface area contributed by atoms with Crippen LogP contribution in [-0.4, -0.2) is 85.7 Å². The van der Waals surface area contributed by atoms with Gasteiger partial charge in [-0.1, -0.05) is 65.7 Å². The molecular formula is C44H46Cl2F2N4O9S. The molecule has 0 radical (unpaired) electrons. The first-order chi connectivity index (χ1) is 29.7. The maximum absolute atomic E-state index is 15.0. The lowest BCUT2D eigenvalue weighted by Crippen LogP contribution is -2.57. The van der Waals surface area contributed by atoms with Crippen LogP contribution in [0.2, 0.25) is 10.0 Å². The molecular weight excluding hydrogens is 869 g/mol. The number of esters is 1. The summed E-state index contributed by atoms with van der Waals surface area (Å²) in [5.74, 6) is -3.15. The van der Waals surface area contributed by atoms with Crippen molar-refractivity contribution < 1.29 is 50.8 Å². The molecule has 4 aliphatic heterocycles. The number of benzene rings is 3. The maximum atomic E-state index is 15.0. The highest BCUT2D eigenvalue weighted by Crippen LogP contribution is 2.49. The fourth-order valence-electron chi connectivity index (χ4n) is 9.12. The highest BCUT2D eigenvalue weighted by Gasteiger charge is 2.58. The lowest BCUT2D eigenvalue weighted by molar-refractivity contribution is -0.605. The normalized spacial score (nSPS) is 23.5. The lowest BCUT2D eigenvalue weighted by Gasteiger charge is -2.44. The Bertz CT molecular complexity index is 2380. The zero-order valence-corrected chi connectivity index (χ0v) is 35.8. The predicted octanol–water partition coefficient (Wildman–Crippen LogP) is 7.44. The second-order valence-electron chi connectivity index (χ2n) is 16.4. The number of nitrogens with zero attached hydrogens (tertiary/aromatic N) is 3. The molecule has 5 heterocycles. The summed E-state index contributed by atoms with van der Waals surface area (Å²) in [6.07, 6.45) is 5.18. The molecule has 1 aliphatic carbocycles. The van der Waals surface area contributed by atoms with Gasteiger partial charge in [0, 0.05) is 30.3 Å². The molecule has 0 amide bonds. The third-order valence-electron chi connectivity index (χ3n) is 12.5. The number of aromatic nitrogens is 1. The second-order valence-corrected chi connectivity index (χ2v) is 19.1. The van der Waals surface area contributed by atoms with Gasteiger partial charge in [-0.05, 0) is 111 Å². The Morgan fingerprint density at radius 2 is 1.66 bits per heavy atom. The first-order valence-electron chi connectivity index (χ1n) is 20.6. The zero-order valence-electron chi connectivity index (χ0n) is 33.5. The Morgan fingerprint density at radius 3 is 2.31 bits per heavy atom. The monoisotopic (exact) mass is 914 g/mol. The van der Waals surface area contributed by atoms with E-state index in [0.717, 1.165) is 55.5 Å². The number of piperidine rings is 3. The fraction of sp³-hybridized carbons (Fsp3) is 0.432. The van der Waals surface area contributed by atoms with E-state index >= 15 is 8.42 Å². The molecule has 2 bridgehead atoms. The van der Waals surface area contributed by atoms with Gasteiger partial charge in [0.05, 0.1) is 11.5 Å². The Hall–Kier alpha value is -4.74. The minimum atomic E-state index is -4.67. The summed E-state index contributed by atoms with van der Waals surface area (Å²) in [6, 6.07) is 17.8. The van der Waals surface area contributed by atoms with Crippen molar-refractivity contribution in [3.05, 3.63) is 117 Å². The standard InChI is InChI=1S/C44H46Cl2F2N4O9S/c45-35-23-51(56)24-36(46)33(35)22-34(30-12-13-37(61-43(47)48)38(20-30)59-26-27-10-11-27)44(42(54)55)16-5-17-52(44)62(57,58)32-9-4-8-31(21-32)49-40(29-6-2-1-3-7-29)41(53)60-39-25-50-18-14-28(39)15-19-50/h1-4,6-9,12-13,20-21,23-24,27-28,34,39-40,43,49H,5,10-11,14-19,22,25-26H2,(H,54,55)/t34-,39-,40?,44-/m0/s1. The number of halogens is 4. The number of hydrogen-bond donors (Lipinski definition) is 2. The van der Waals surface area contributed by atoms with E-state index < -0.39 is 46.1 Å². The van der Waals surface area contributed by atoms with Crippen molar-refractivity contribution in [2.24, 2.45) is 11.8 Å². The minimum Gasteiger partial charge on any atom is -0.619 e. The van der Waals surface area contributed by atoms with Crippen LogP contribution >= 0.6 is 23.2 Å². The van der Waals surface area contributed by atoms with E-state index in [1.807, 2.05) is 6.07 Å². The van der Waals surface area contributed by atoms with E-state index in [2.05, 4.69) is 10.2 Å². The van der Waals surface area contributed by atoms with E-state index in [4.69, 9.17) is 37.4 Å². The molecule has 4 aromatic rings. The number of fused-ring (bicyclic) bond motifs is 3. The average Bonchev–Trinajstić information content (AvgIpc) is 3.97. The summed E-state index contributed by atoms with van der Waals surface area (Å²) < 4.78 is 75.4. The SMILES string of the molecule is O=C(O[C@H]1CN2CCC1CC2)C(Nc1cccc(S(=O)(=O)N2CCC[C@@]2(C(=O)O)[C@@H](Cc2c(Cl)c[n+]([O-])cc2Cl)c2ccc(OC(F)F)c(OCC3CC3)c2)c1)c1ccccc1. The number of carbonyl (C=O) groups is 2. The number of carboxylic acids is 1. The van der Waals surface area contributed by atoms with Crippen molar-refractivity contribution in [1.82, 2.24) is 9.21 Å². The molecule has 0 spiro atoms.